The normalized spacial score (nSPS) is 21.7. The molecule has 1 aromatic heterocycles. The molecule has 2 heterocycles. The molecule has 23 heavy (non-hydrogen) atoms. The minimum atomic E-state index is -0.0210. The van der Waals surface area contributed by atoms with Crippen LogP contribution in [0.4, 0.5) is 4.79 Å². The van der Waals surface area contributed by atoms with Crippen molar-refractivity contribution in [1.29, 1.82) is 0 Å². The summed E-state index contributed by atoms with van der Waals surface area (Å²) in [5.41, 5.74) is 0. The van der Waals surface area contributed by atoms with Gasteiger partial charge < -0.3 is 19.5 Å². The standard InChI is InChI=1S/C16H28N4O3/c1-11(2)15-18-14(23-19-15)6-5-8-17-16(21)20-9-7-12(3)13(10-20)22-4/h11-13H,5-10H2,1-4H3,(H,17,21)/t12-,13-/m0/s1. The fraction of sp³-hybridized carbons (Fsp3) is 0.812. The number of nitrogens with zero attached hydrogens (tertiary/aromatic N) is 3. The highest BCUT2D eigenvalue weighted by molar-refractivity contribution is 5.74. The van der Waals surface area contributed by atoms with Crippen LogP contribution in [-0.4, -0.2) is 53.9 Å². The number of carbonyl (C=O) groups excluding carboxylic acids is 1. The van der Waals surface area contributed by atoms with Gasteiger partial charge in [0.15, 0.2) is 5.82 Å². The number of ether oxygens (including phenoxy) is 1. The summed E-state index contributed by atoms with van der Waals surface area (Å²) in [5, 5.41) is 6.89. The molecule has 1 N–H and O–H groups in total. The van der Waals surface area contributed by atoms with Crippen molar-refractivity contribution in [3.05, 3.63) is 11.7 Å². The molecule has 7 nitrogen and oxygen atoms in total. The summed E-state index contributed by atoms with van der Waals surface area (Å²) in [4.78, 5) is 18.3. The minimum absolute atomic E-state index is 0.0210. The van der Waals surface area contributed by atoms with Crippen molar-refractivity contribution in [2.45, 2.75) is 52.1 Å². The molecule has 1 aromatic rings. The average molecular weight is 324 g/mol. The second-order valence-electron chi connectivity index (χ2n) is 6.52. The molecular weight excluding hydrogens is 296 g/mol. The molecule has 0 bridgehead atoms. The van der Waals surface area contributed by atoms with Crippen LogP contribution < -0.4 is 5.32 Å². The lowest BCUT2D eigenvalue weighted by molar-refractivity contribution is 0.00720. The highest BCUT2D eigenvalue weighted by Crippen LogP contribution is 2.19. The van der Waals surface area contributed by atoms with Gasteiger partial charge in [-0.05, 0) is 18.8 Å². The number of aryl methyl sites for hydroxylation is 1. The van der Waals surface area contributed by atoms with Gasteiger partial charge >= 0.3 is 6.03 Å². The highest BCUT2D eigenvalue weighted by atomic mass is 16.5. The van der Waals surface area contributed by atoms with E-state index in [-0.39, 0.29) is 18.1 Å². The Labute approximate surface area is 137 Å². The topological polar surface area (TPSA) is 80.5 Å². The Morgan fingerprint density at radius 2 is 2.30 bits per heavy atom. The highest BCUT2D eigenvalue weighted by Gasteiger charge is 2.28. The van der Waals surface area contributed by atoms with Crippen molar-refractivity contribution in [2.24, 2.45) is 5.92 Å². The van der Waals surface area contributed by atoms with E-state index in [0.717, 1.165) is 25.2 Å². The zero-order valence-corrected chi connectivity index (χ0v) is 14.5. The van der Waals surface area contributed by atoms with E-state index < -0.39 is 0 Å². The Morgan fingerprint density at radius 3 is 2.96 bits per heavy atom. The third-order valence-electron chi connectivity index (χ3n) is 4.32. The van der Waals surface area contributed by atoms with Gasteiger partial charge in [-0.3, -0.25) is 0 Å². The largest absolute Gasteiger partial charge is 0.379 e. The van der Waals surface area contributed by atoms with Gasteiger partial charge in [0.1, 0.15) is 0 Å². The molecule has 1 aliphatic rings. The smallest absolute Gasteiger partial charge is 0.317 e. The van der Waals surface area contributed by atoms with Gasteiger partial charge in [-0.15, -0.1) is 0 Å². The molecule has 2 atom stereocenters. The number of piperidine rings is 1. The number of aromatic nitrogens is 2. The number of likely N-dealkylation sites (tertiary alicyclic amines) is 1. The molecule has 0 spiro atoms. The quantitative estimate of drug-likeness (QED) is 0.811. The van der Waals surface area contributed by atoms with E-state index >= 15 is 0 Å². The summed E-state index contributed by atoms with van der Waals surface area (Å²) in [6.07, 6.45) is 2.56. The van der Waals surface area contributed by atoms with Crippen LogP contribution >= 0.6 is 0 Å². The SMILES string of the molecule is CO[C@H]1CN(C(=O)NCCCc2nc(C(C)C)no2)CC[C@@H]1C. The van der Waals surface area contributed by atoms with Crippen LogP contribution in [0.15, 0.2) is 4.52 Å². The number of hydrogen-bond acceptors (Lipinski definition) is 5. The lowest BCUT2D eigenvalue weighted by Crippen LogP contribution is -2.50. The van der Waals surface area contributed by atoms with Gasteiger partial charge in [0.2, 0.25) is 5.89 Å². The number of urea groups is 1. The first-order chi connectivity index (χ1) is 11.0. The van der Waals surface area contributed by atoms with Crippen molar-refractivity contribution < 1.29 is 14.1 Å². The van der Waals surface area contributed by atoms with Gasteiger partial charge in [-0.2, -0.15) is 4.98 Å². The van der Waals surface area contributed by atoms with Gasteiger partial charge in [0.05, 0.1) is 6.10 Å². The molecule has 2 rings (SSSR count). The molecule has 1 fully saturated rings. The lowest BCUT2D eigenvalue weighted by atomic mass is 9.96. The lowest BCUT2D eigenvalue weighted by Gasteiger charge is -2.36. The van der Waals surface area contributed by atoms with Crippen LogP contribution in [0.5, 0.6) is 0 Å². The predicted molar refractivity (Wildman–Crippen MR) is 86.3 cm³/mol. The third kappa shape index (κ3) is 4.92. The van der Waals surface area contributed by atoms with Gasteiger partial charge in [-0.25, -0.2) is 4.79 Å². The summed E-state index contributed by atoms with van der Waals surface area (Å²) in [6.45, 7) is 8.27. The fourth-order valence-corrected chi connectivity index (χ4v) is 2.68. The summed E-state index contributed by atoms with van der Waals surface area (Å²) in [6, 6.07) is -0.0210. The fourth-order valence-electron chi connectivity index (χ4n) is 2.68. The molecule has 0 unspecified atom stereocenters. The zero-order valence-electron chi connectivity index (χ0n) is 14.5. The third-order valence-corrected chi connectivity index (χ3v) is 4.32. The number of amides is 2. The van der Waals surface area contributed by atoms with Crippen LogP contribution in [0.1, 0.15) is 51.2 Å². The maximum absolute atomic E-state index is 12.2. The molecular formula is C16H28N4O3. The molecule has 1 saturated heterocycles. The molecule has 7 heteroatoms. The second kappa shape index (κ2) is 8.29. The van der Waals surface area contributed by atoms with Crippen molar-refractivity contribution in [3.8, 4) is 0 Å². The van der Waals surface area contributed by atoms with Gasteiger partial charge in [0, 0.05) is 39.1 Å². The molecule has 0 aliphatic carbocycles. The average Bonchev–Trinajstić information content (AvgIpc) is 3.01. The minimum Gasteiger partial charge on any atom is -0.379 e. The molecule has 130 valence electrons. The molecule has 0 radical (unpaired) electrons. The number of methoxy groups -OCH3 is 1. The molecule has 2 amide bonds. The predicted octanol–water partition coefficient (Wildman–Crippen LogP) is 2.19. The Balaban J connectivity index is 1.68. The number of rotatable bonds is 6. The van der Waals surface area contributed by atoms with Crippen molar-refractivity contribution in [3.63, 3.8) is 0 Å². The van der Waals surface area contributed by atoms with E-state index in [1.807, 2.05) is 18.7 Å². The zero-order chi connectivity index (χ0) is 16.8. The first-order valence-electron chi connectivity index (χ1n) is 8.39. The van der Waals surface area contributed by atoms with E-state index in [0.29, 0.717) is 31.3 Å². The second-order valence-corrected chi connectivity index (χ2v) is 6.52. The first-order valence-corrected chi connectivity index (χ1v) is 8.39. The monoisotopic (exact) mass is 324 g/mol. The Bertz CT molecular complexity index is 503. The van der Waals surface area contributed by atoms with Crippen molar-refractivity contribution in [2.75, 3.05) is 26.7 Å². The molecule has 1 aliphatic heterocycles. The molecule has 0 aromatic carbocycles. The van der Waals surface area contributed by atoms with E-state index in [1.165, 1.54) is 0 Å². The van der Waals surface area contributed by atoms with Crippen LogP contribution in [0.3, 0.4) is 0 Å². The van der Waals surface area contributed by atoms with Crippen LogP contribution in [0.25, 0.3) is 0 Å². The maximum atomic E-state index is 12.2. The first kappa shape index (κ1) is 17.7. The Hall–Kier alpha value is -1.63. The van der Waals surface area contributed by atoms with Crippen LogP contribution in [-0.2, 0) is 11.2 Å². The summed E-state index contributed by atoms with van der Waals surface area (Å²) in [7, 11) is 1.71. The van der Waals surface area contributed by atoms with E-state index in [1.54, 1.807) is 7.11 Å². The van der Waals surface area contributed by atoms with Crippen molar-refractivity contribution >= 4 is 6.03 Å². The van der Waals surface area contributed by atoms with Gasteiger partial charge in [0.25, 0.3) is 0 Å². The summed E-state index contributed by atoms with van der Waals surface area (Å²) < 4.78 is 10.6. The maximum Gasteiger partial charge on any atom is 0.317 e. The van der Waals surface area contributed by atoms with E-state index in [2.05, 4.69) is 22.4 Å². The number of nitrogens with one attached hydrogen (secondary N) is 1. The van der Waals surface area contributed by atoms with Crippen LogP contribution in [0.2, 0.25) is 0 Å². The molecule has 0 saturated carbocycles. The number of carbonyl (C=O) groups is 1. The summed E-state index contributed by atoms with van der Waals surface area (Å²) in [5.74, 6) is 2.13. The summed E-state index contributed by atoms with van der Waals surface area (Å²) >= 11 is 0. The van der Waals surface area contributed by atoms with E-state index in [9.17, 15) is 4.79 Å². The van der Waals surface area contributed by atoms with Gasteiger partial charge in [-0.1, -0.05) is 25.9 Å². The van der Waals surface area contributed by atoms with E-state index in [4.69, 9.17) is 9.26 Å². The Morgan fingerprint density at radius 1 is 1.52 bits per heavy atom. The van der Waals surface area contributed by atoms with Crippen LogP contribution in [0, 0.1) is 5.92 Å². The Kier molecular flexibility index (Phi) is 6.38. The number of hydrogen-bond donors (Lipinski definition) is 1. The van der Waals surface area contributed by atoms with Crippen molar-refractivity contribution in [1.82, 2.24) is 20.4 Å².